The SMILES string of the molecule is CC(C)C(C)(C#N)NC(=O)CN1CCCC(C(=O)Nc2ccc(Cl)cn2)C1. The maximum absolute atomic E-state index is 12.5. The number of nitrogens with one attached hydrogen (secondary N) is 2. The van der Waals surface area contributed by atoms with E-state index in [1.54, 1.807) is 19.1 Å². The van der Waals surface area contributed by atoms with E-state index in [9.17, 15) is 14.9 Å². The lowest BCUT2D eigenvalue weighted by Gasteiger charge is -2.33. The number of aromatic nitrogens is 1. The number of amides is 2. The molecule has 1 aliphatic heterocycles. The quantitative estimate of drug-likeness (QED) is 0.776. The molecule has 0 bridgehead atoms. The van der Waals surface area contributed by atoms with Crippen LogP contribution >= 0.6 is 11.6 Å². The molecule has 1 saturated heterocycles. The van der Waals surface area contributed by atoms with Gasteiger partial charge in [0.1, 0.15) is 11.4 Å². The summed E-state index contributed by atoms with van der Waals surface area (Å²) < 4.78 is 0. The first-order chi connectivity index (χ1) is 12.7. The molecule has 2 heterocycles. The molecule has 2 N–H and O–H groups in total. The van der Waals surface area contributed by atoms with Gasteiger partial charge in [-0.05, 0) is 44.4 Å². The number of hydrogen-bond donors (Lipinski definition) is 2. The van der Waals surface area contributed by atoms with Gasteiger partial charge in [0.15, 0.2) is 0 Å². The van der Waals surface area contributed by atoms with Crippen molar-refractivity contribution >= 4 is 29.2 Å². The minimum absolute atomic E-state index is 0.00166. The molecule has 1 aromatic heterocycles. The molecule has 146 valence electrons. The third-order valence-corrected chi connectivity index (χ3v) is 5.23. The zero-order valence-electron chi connectivity index (χ0n) is 16.0. The van der Waals surface area contributed by atoms with Gasteiger partial charge in [-0.25, -0.2) is 4.98 Å². The minimum atomic E-state index is -0.899. The topological polar surface area (TPSA) is 98.1 Å². The molecule has 8 heteroatoms. The fraction of sp³-hybridized carbons (Fsp3) is 0.579. The number of carbonyl (C=O) groups is 2. The number of likely N-dealkylation sites (tertiary alicyclic amines) is 1. The summed E-state index contributed by atoms with van der Waals surface area (Å²) in [5.74, 6) is -0.0668. The number of nitriles is 1. The molecule has 2 amide bonds. The predicted octanol–water partition coefficient (Wildman–Crippen LogP) is 2.44. The van der Waals surface area contributed by atoms with Gasteiger partial charge < -0.3 is 10.6 Å². The van der Waals surface area contributed by atoms with Gasteiger partial charge in [-0.1, -0.05) is 25.4 Å². The highest BCUT2D eigenvalue weighted by molar-refractivity contribution is 6.30. The number of hydrogen-bond acceptors (Lipinski definition) is 5. The zero-order chi connectivity index (χ0) is 20.0. The van der Waals surface area contributed by atoms with Crippen molar-refractivity contribution in [2.45, 2.75) is 39.2 Å². The van der Waals surface area contributed by atoms with Crippen LogP contribution in [-0.2, 0) is 9.59 Å². The monoisotopic (exact) mass is 391 g/mol. The molecule has 1 aliphatic rings. The predicted molar refractivity (Wildman–Crippen MR) is 104 cm³/mol. The van der Waals surface area contributed by atoms with E-state index in [-0.39, 0.29) is 30.2 Å². The number of carbonyl (C=O) groups excluding carboxylic acids is 2. The van der Waals surface area contributed by atoms with Gasteiger partial charge in [-0.15, -0.1) is 0 Å². The van der Waals surface area contributed by atoms with Crippen molar-refractivity contribution < 1.29 is 9.59 Å². The summed E-state index contributed by atoms with van der Waals surface area (Å²) >= 11 is 5.80. The number of piperidine rings is 1. The Morgan fingerprint density at radius 2 is 2.22 bits per heavy atom. The Balaban J connectivity index is 1.89. The van der Waals surface area contributed by atoms with E-state index in [1.165, 1.54) is 6.20 Å². The summed E-state index contributed by atoms with van der Waals surface area (Å²) in [6, 6.07) is 5.50. The van der Waals surface area contributed by atoms with Crippen LogP contribution < -0.4 is 10.6 Å². The fourth-order valence-electron chi connectivity index (χ4n) is 2.92. The fourth-order valence-corrected chi connectivity index (χ4v) is 3.04. The van der Waals surface area contributed by atoms with E-state index < -0.39 is 5.54 Å². The summed E-state index contributed by atoms with van der Waals surface area (Å²) in [4.78, 5) is 30.9. The Morgan fingerprint density at radius 1 is 1.48 bits per heavy atom. The van der Waals surface area contributed by atoms with Crippen LogP contribution in [0.15, 0.2) is 18.3 Å². The van der Waals surface area contributed by atoms with Gasteiger partial charge in [0, 0.05) is 12.7 Å². The van der Waals surface area contributed by atoms with Crippen LogP contribution in [0.3, 0.4) is 0 Å². The van der Waals surface area contributed by atoms with Gasteiger partial charge in [-0.3, -0.25) is 14.5 Å². The lowest BCUT2D eigenvalue weighted by atomic mass is 9.90. The molecule has 0 saturated carbocycles. The highest BCUT2D eigenvalue weighted by Crippen LogP contribution is 2.19. The van der Waals surface area contributed by atoms with Gasteiger partial charge in [0.2, 0.25) is 11.8 Å². The Labute approximate surface area is 165 Å². The van der Waals surface area contributed by atoms with Crippen molar-refractivity contribution in [1.29, 1.82) is 5.26 Å². The van der Waals surface area contributed by atoms with Gasteiger partial charge in [0.05, 0.1) is 23.6 Å². The first-order valence-corrected chi connectivity index (χ1v) is 9.48. The van der Waals surface area contributed by atoms with Crippen molar-refractivity contribution in [3.63, 3.8) is 0 Å². The second-order valence-electron chi connectivity index (χ2n) is 7.44. The summed E-state index contributed by atoms with van der Waals surface area (Å²) in [5.41, 5.74) is -0.899. The minimum Gasteiger partial charge on any atom is -0.337 e. The van der Waals surface area contributed by atoms with E-state index in [2.05, 4.69) is 21.7 Å². The molecule has 0 aromatic carbocycles. The van der Waals surface area contributed by atoms with Crippen LogP contribution in [0.1, 0.15) is 33.6 Å². The van der Waals surface area contributed by atoms with Crippen molar-refractivity contribution in [3.05, 3.63) is 23.4 Å². The van der Waals surface area contributed by atoms with Crippen LogP contribution in [0.25, 0.3) is 0 Å². The molecule has 2 atom stereocenters. The number of nitrogens with zero attached hydrogens (tertiary/aromatic N) is 3. The molecule has 0 aliphatic carbocycles. The highest BCUT2D eigenvalue weighted by atomic mass is 35.5. The molecule has 1 fully saturated rings. The summed E-state index contributed by atoms with van der Waals surface area (Å²) in [5, 5.41) is 15.5. The largest absolute Gasteiger partial charge is 0.337 e. The highest BCUT2D eigenvalue weighted by Gasteiger charge is 2.32. The maximum Gasteiger partial charge on any atom is 0.235 e. The molecule has 0 spiro atoms. The molecular weight excluding hydrogens is 366 g/mol. The lowest BCUT2D eigenvalue weighted by Crippen LogP contribution is -2.53. The van der Waals surface area contributed by atoms with E-state index in [1.807, 2.05) is 18.7 Å². The molecule has 7 nitrogen and oxygen atoms in total. The smallest absolute Gasteiger partial charge is 0.235 e. The number of rotatable bonds is 6. The lowest BCUT2D eigenvalue weighted by molar-refractivity contribution is -0.126. The maximum atomic E-state index is 12.5. The second kappa shape index (κ2) is 9.16. The van der Waals surface area contributed by atoms with E-state index >= 15 is 0 Å². The summed E-state index contributed by atoms with van der Waals surface area (Å²) in [6.45, 7) is 6.94. The number of anilines is 1. The van der Waals surface area contributed by atoms with Crippen LogP contribution in [0.2, 0.25) is 5.02 Å². The van der Waals surface area contributed by atoms with Crippen LogP contribution in [0.5, 0.6) is 0 Å². The van der Waals surface area contributed by atoms with Crippen molar-refractivity contribution in [3.8, 4) is 6.07 Å². The van der Waals surface area contributed by atoms with E-state index in [0.717, 1.165) is 19.4 Å². The molecule has 27 heavy (non-hydrogen) atoms. The Hall–Kier alpha value is -2.17. The van der Waals surface area contributed by atoms with Crippen LogP contribution in [0.4, 0.5) is 5.82 Å². The Kier molecular flexibility index (Phi) is 7.17. The summed E-state index contributed by atoms with van der Waals surface area (Å²) in [7, 11) is 0. The third kappa shape index (κ3) is 5.91. The summed E-state index contributed by atoms with van der Waals surface area (Å²) in [6.07, 6.45) is 3.08. The average Bonchev–Trinajstić information content (AvgIpc) is 2.63. The normalized spacial score (nSPS) is 19.8. The van der Waals surface area contributed by atoms with E-state index in [0.29, 0.717) is 17.4 Å². The average molecular weight is 392 g/mol. The zero-order valence-corrected chi connectivity index (χ0v) is 16.7. The van der Waals surface area contributed by atoms with Gasteiger partial charge >= 0.3 is 0 Å². The first kappa shape index (κ1) is 21.1. The van der Waals surface area contributed by atoms with Crippen molar-refractivity contribution in [2.24, 2.45) is 11.8 Å². The second-order valence-corrected chi connectivity index (χ2v) is 7.88. The van der Waals surface area contributed by atoms with Crippen molar-refractivity contribution in [1.82, 2.24) is 15.2 Å². The van der Waals surface area contributed by atoms with Crippen molar-refractivity contribution in [2.75, 3.05) is 25.0 Å². The molecule has 2 rings (SSSR count). The number of pyridine rings is 1. The van der Waals surface area contributed by atoms with Crippen LogP contribution in [-0.4, -0.2) is 46.9 Å². The van der Waals surface area contributed by atoms with E-state index in [4.69, 9.17) is 11.6 Å². The first-order valence-electron chi connectivity index (χ1n) is 9.10. The molecule has 1 aromatic rings. The molecule has 0 radical (unpaired) electrons. The Bertz CT molecular complexity index is 716. The standard InChI is InChI=1S/C19H26ClN5O2/c1-13(2)19(3,12-21)24-17(26)11-25-8-4-5-14(10-25)18(27)23-16-7-6-15(20)9-22-16/h6-7,9,13-14H,4-5,8,10-11H2,1-3H3,(H,24,26)(H,22,23,27). The van der Waals surface area contributed by atoms with Crippen LogP contribution in [0, 0.1) is 23.2 Å². The van der Waals surface area contributed by atoms with Gasteiger partial charge in [0.25, 0.3) is 0 Å². The third-order valence-electron chi connectivity index (χ3n) is 5.01. The molecule has 2 unspecified atom stereocenters. The molecular formula is C19H26ClN5O2. The van der Waals surface area contributed by atoms with Gasteiger partial charge in [-0.2, -0.15) is 5.26 Å². The Morgan fingerprint density at radius 3 is 2.81 bits per heavy atom. The number of halogens is 1.